The first-order chi connectivity index (χ1) is 7.88. The van der Waals surface area contributed by atoms with Crippen molar-refractivity contribution >= 4 is 28.6 Å². The van der Waals surface area contributed by atoms with Crippen molar-refractivity contribution in [3.8, 4) is 10.6 Å². The SMILES string of the molecule is O=Cc1cnc(-c2cccc3ccoc23)s1. The molecule has 3 nitrogen and oxygen atoms in total. The van der Waals surface area contributed by atoms with Gasteiger partial charge in [0, 0.05) is 11.6 Å². The lowest BCUT2D eigenvalue weighted by Crippen LogP contribution is -1.75. The first kappa shape index (κ1) is 9.30. The van der Waals surface area contributed by atoms with Gasteiger partial charge in [-0.25, -0.2) is 4.98 Å². The van der Waals surface area contributed by atoms with Crippen LogP contribution < -0.4 is 0 Å². The van der Waals surface area contributed by atoms with Gasteiger partial charge >= 0.3 is 0 Å². The summed E-state index contributed by atoms with van der Waals surface area (Å²) in [6.07, 6.45) is 4.04. The van der Waals surface area contributed by atoms with E-state index in [1.54, 1.807) is 12.5 Å². The van der Waals surface area contributed by atoms with Crippen LogP contribution in [-0.2, 0) is 0 Å². The zero-order chi connectivity index (χ0) is 11.0. The Bertz CT molecular complexity index is 654. The maximum absolute atomic E-state index is 10.6. The minimum absolute atomic E-state index is 0.624. The lowest BCUT2D eigenvalue weighted by Gasteiger charge is -1.96. The molecule has 0 radical (unpaired) electrons. The van der Waals surface area contributed by atoms with Gasteiger partial charge in [0.15, 0.2) is 6.29 Å². The molecule has 0 aliphatic rings. The second-order valence-corrected chi connectivity index (χ2v) is 4.39. The van der Waals surface area contributed by atoms with Crippen molar-refractivity contribution in [3.05, 3.63) is 41.6 Å². The summed E-state index contributed by atoms with van der Waals surface area (Å²) in [5.41, 5.74) is 1.75. The normalized spacial score (nSPS) is 10.8. The standard InChI is InChI=1S/C12H7NO2S/c14-7-9-6-13-12(16-9)10-3-1-2-8-4-5-15-11(8)10/h1-7H. The quantitative estimate of drug-likeness (QED) is 0.633. The van der Waals surface area contributed by atoms with Crippen molar-refractivity contribution in [2.45, 2.75) is 0 Å². The fraction of sp³-hybridized carbons (Fsp3) is 0. The summed E-state index contributed by atoms with van der Waals surface area (Å²) in [5, 5.41) is 1.85. The Kier molecular flexibility index (Phi) is 2.08. The molecular formula is C12H7NO2S. The molecule has 0 saturated carbocycles. The number of thiazole rings is 1. The summed E-state index contributed by atoms with van der Waals surface area (Å²) in [7, 11) is 0. The number of hydrogen-bond acceptors (Lipinski definition) is 4. The zero-order valence-corrected chi connectivity index (χ0v) is 9.03. The molecule has 1 aromatic carbocycles. The van der Waals surface area contributed by atoms with Gasteiger partial charge in [-0.15, -0.1) is 11.3 Å². The van der Waals surface area contributed by atoms with Crippen LogP contribution in [0.5, 0.6) is 0 Å². The second kappa shape index (κ2) is 3.57. The van der Waals surface area contributed by atoms with E-state index in [0.717, 1.165) is 27.8 Å². The largest absolute Gasteiger partial charge is 0.464 e. The molecule has 0 N–H and O–H groups in total. The average molecular weight is 229 g/mol. The number of fused-ring (bicyclic) bond motifs is 1. The van der Waals surface area contributed by atoms with Crippen LogP contribution in [0.25, 0.3) is 21.5 Å². The first-order valence-corrected chi connectivity index (χ1v) is 5.58. The van der Waals surface area contributed by atoms with E-state index in [2.05, 4.69) is 4.98 Å². The summed E-state index contributed by atoms with van der Waals surface area (Å²) >= 11 is 1.37. The van der Waals surface area contributed by atoms with Crippen molar-refractivity contribution < 1.29 is 9.21 Å². The molecule has 0 bridgehead atoms. The van der Waals surface area contributed by atoms with Crippen LogP contribution in [0.1, 0.15) is 9.67 Å². The number of carbonyl (C=O) groups excluding carboxylic acids is 1. The molecule has 0 amide bonds. The monoisotopic (exact) mass is 229 g/mol. The number of aldehydes is 1. The van der Waals surface area contributed by atoms with Crippen LogP contribution in [0, 0.1) is 0 Å². The number of aromatic nitrogens is 1. The molecule has 2 heterocycles. The van der Waals surface area contributed by atoms with Gasteiger partial charge in [0.2, 0.25) is 0 Å². The Morgan fingerprint density at radius 1 is 1.31 bits per heavy atom. The van der Waals surface area contributed by atoms with Gasteiger partial charge < -0.3 is 4.42 Å². The Morgan fingerprint density at radius 3 is 3.06 bits per heavy atom. The van der Waals surface area contributed by atoms with Crippen molar-refractivity contribution in [2.75, 3.05) is 0 Å². The fourth-order valence-electron chi connectivity index (χ4n) is 1.63. The van der Waals surface area contributed by atoms with E-state index >= 15 is 0 Å². The maximum atomic E-state index is 10.6. The van der Waals surface area contributed by atoms with E-state index in [4.69, 9.17) is 4.42 Å². The lowest BCUT2D eigenvalue weighted by atomic mass is 10.2. The van der Waals surface area contributed by atoms with Crippen LogP contribution in [0.15, 0.2) is 41.1 Å². The molecule has 0 saturated heterocycles. The van der Waals surface area contributed by atoms with Gasteiger partial charge in [0.25, 0.3) is 0 Å². The third-order valence-corrected chi connectivity index (χ3v) is 3.31. The van der Waals surface area contributed by atoms with E-state index in [1.165, 1.54) is 11.3 Å². The van der Waals surface area contributed by atoms with Crippen molar-refractivity contribution in [1.82, 2.24) is 4.98 Å². The van der Waals surface area contributed by atoms with Crippen LogP contribution in [0.2, 0.25) is 0 Å². The van der Waals surface area contributed by atoms with Gasteiger partial charge in [-0.3, -0.25) is 4.79 Å². The Hall–Kier alpha value is -1.94. The van der Waals surface area contributed by atoms with Gasteiger partial charge in [-0.1, -0.05) is 12.1 Å². The number of rotatable bonds is 2. The zero-order valence-electron chi connectivity index (χ0n) is 8.21. The predicted molar refractivity (Wildman–Crippen MR) is 62.7 cm³/mol. The number of para-hydroxylation sites is 1. The predicted octanol–water partition coefficient (Wildman–Crippen LogP) is 3.37. The molecule has 4 heteroatoms. The molecule has 0 fully saturated rings. The topological polar surface area (TPSA) is 43.1 Å². The van der Waals surface area contributed by atoms with E-state index in [9.17, 15) is 4.79 Å². The summed E-state index contributed by atoms with van der Waals surface area (Å²) in [5.74, 6) is 0. The third-order valence-electron chi connectivity index (χ3n) is 2.35. The summed E-state index contributed by atoms with van der Waals surface area (Å²) < 4.78 is 5.42. The van der Waals surface area contributed by atoms with Gasteiger partial charge in [0.1, 0.15) is 10.6 Å². The van der Waals surface area contributed by atoms with Crippen molar-refractivity contribution in [3.63, 3.8) is 0 Å². The first-order valence-electron chi connectivity index (χ1n) is 4.76. The highest BCUT2D eigenvalue weighted by Gasteiger charge is 2.10. The average Bonchev–Trinajstić information content (AvgIpc) is 2.97. The summed E-state index contributed by atoms with van der Waals surface area (Å²) in [6, 6.07) is 7.79. The number of benzene rings is 1. The third kappa shape index (κ3) is 1.35. The lowest BCUT2D eigenvalue weighted by molar-refractivity contribution is 0.112. The van der Waals surface area contributed by atoms with Crippen molar-refractivity contribution in [2.24, 2.45) is 0 Å². The highest BCUT2D eigenvalue weighted by molar-refractivity contribution is 7.16. The molecular weight excluding hydrogens is 222 g/mol. The number of furan rings is 1. The molecule has 0 spiro atoms. The summed E-state index contributed by atoms with van der Waals surface area (Å²) in [4.78, 5) is 15.4. The molecule has 2 aromatic heterocycles. The van der Waals surface area contributed by atoms with E-state index in [0.29, 0.717) is 4.88 Å². The maximum Gasteiger partial charge on any atom is 0.161 e. The molecule has 0 aliphatic carbocycles. The van der Waals surface area contributed by atoms with Gasteiger partial charge in [-0.2, -0.15) is 0 Å². The minimum atomic E-state index is 0.624. The molecule has 3 aromatic rings. The molecule has 0 aliphatic heterocycles. The van der Waals surface area contributed by atoms with Crippen LogP contribution in [0.4, 0.5) is 0 Å². The van der Waals surface area contributed by atoms with Crippen LogP contribution in [0.3, 0.4) is 0 Å². The van der Waals surface area contributed by atoms with Crippen molar-refractivity contribution in [1.29, 1.82) is 0 Å². The molecule has 0 atom stereocenters. The smallest absolute Gasteiger partial charge is 0.161 e. The number of hydrogen-bond donors (Lipinski definition) is 0. The Labute approximate surface area is 95.4 Å². The van der Waals surface area contributed by atoms with Gasteiger partial charge in [-0.05, 0) is 12.1 Å². The van der Waals surface area contributed by atoms with Crippen LogP contribution >= 0.6 is 11.3 Å². The second-order valence-electron chi connectivity index (χ2n) is 3.33. The number of carbonyl (C=O) groups is 1. The van der Waals surface area contributed by atoms with Gasteiger partial charge in [0.05, 0.1) is 16.7 Å². The molecule has 16 heavy (non-hydrogen) atoms. The highest BCUT2D eigenvalue weighted by Crippen LogP contribution is 2.31. The number of nitrogens with zero attached hydrogens (tertiary/aromatic N) is 1. The van der Waals surface area contributed by atoms with E-state index in [-0.39, 0.29) is 0 Å². The molecule has 3 rings (SSSR count). The Morgan fingerprint density at radius 2 is 2.25 bits per heavy atom. The van der Waals surface area contributed by atoms with E-state index in [1.807, 2.05) is 24.3 Å². The highest BCUT2D eigenvalue weighted by atomic mass is 32.1. The van der Waals surface area contributed by atoms with Crippen LogP contribution in [-0.4, -0.2) is 11.3 Å². The Balaban J connectivity index is 2.24. The minimum Gasteiger partial charge on any atom is -0.464 e. The molecule has 0 unspecified atom stereocenters. The van der Waals surface area contributed by atoms with E-state index < -0.39 is 0 Å². The summed E-state index contributed by atoms with van der Waals surface area (Å²) in [6.45, 7) is 0. The molecule has 78 valence electrons. The fourth-order valence-corrected chi connectivity index (χ4v) is 2.38.